The number of carbonyl (C=O) groups excluding carboxylic acids is 5. The zero-order valence-electron chi connectivity index (χ0n) is 21.8. The number of nitrogens with one attached hydrogen (secondary N) is 1. The molecule has 1 N–H and O–H groups in total. The number of hydrogen-bond acceptors (Lipinski definition) is 7. The van der Waals surface area contributed by atoms with E-state index in [1.807, 2.05) is 0 Å². The predicted molar refractivity (Wildman–Crippen MR) is 131 cm³/mol. The van der Waals surface area contributed by atoms with Crippen LogP contribution in [0.5, 0.6) is 5.75 Å². The number of rotatable bonds is 9. The molecule has 214 valence electrons. The number of carbonyl (C=O) groups is 5. The zero-order valence-corrected chi connectivity index (χ0v) is 21.8. The van der Waals surface area contributed by atoms with E-state index >= 15 is 0 Å². The fraction of sp³-hybridized carbons (Fsp3) is 0.370. The van der Waals surface area contributed by atoms with Crippen molar-refractivity contribution in [3.8, 4) is 5.75 Å². The van der Waals surface area contributed by atoms with E-state index in [0.29, 0.717) is 11.3 Å². The highest BCUT2D eigenvalue weighted by Crippen LogP contribution is 2.30. The quantitative estimate of drug-likeness (QED) is 0.163. The van der Waals surface area contributed by atoms with Crippen molar-refractivity contribution in [1.29, 1.82) is 0 Å². The van der Waals surface area contributed by atoms with Crippen LogP contribution in [0.2, 0.25) is 0 Å². The molecule has 40 heavy (non-hydrogen) atoms. The number of nitrogens with zero attached hydrogens (tertiary/aromatic N) is 1. The Morgan fingerprint density at radius 2 is 1.70 bits per heavy atom. The number of benzene rings is 2. The van der Waals surface area contributed by atoms with E-state index in [9.17, 15) is 41.5 Å². The smallest absolute Gasteiger partial charge is 0.308 e. The first-order chi connectivity index (χ1) is 18.7. The van der Waals surface area contributed by atoms with Crippen LogP contribution in [0.25, 0.3) is 0 Å². The van der Waals surface area contributed by atoms with Gasteiger partial charge in [-0.3, -0.25) is 24.0 Å². The van der Waals surface area contributed by atoms with Crippen molar-refractivity contribution >= 4 is 35.5 Å². The number of fused-ring (bicyclic) bond motifs is 1. The van der Waals surface area contributed by atoms with E-state index < -0.39 is 83.2 Å². The van der Waals surface area contributed by atoms with Crippen LogP contribution >= 0.6 is 0 Å². The molecule has 0 saturated heterocycles. The molecule has 0 spiro atoms. The molecule has 2 atom stereocenters. The zero-order chi connectivity index (χ0) is 29.8. The Morgan fingerprint density at radius 1 is 1.07 bits per heavy atom. The van der Waals surface area contributed by atoms with Gasteiger partial charge in [-0.15, -0.1) is 0 Å². The van der Waals surface area contributed by atoms with E-state index in [2.05, 4.69) is 5.32 Å². The van der Waals surface area contributed by atoms with Gasteiger partial charge in [0.15, 0.2) is 23.2 Å². The van der Waals surface area contributed by atoms with Gasteiger partial charge in [-0.05, 0) is 38.8 Å². The van der Waals surface area contributed by atoms with Gasteiger partial charge in [0.25, 0.3) is 5.91 Å². The molecule has 0 radical (unpaired) electrons. The molecular weight excluding hydrogens is 540 g/mol. The standard InChI is InChI=1S/C27H26F4N2O7/c1-27(2,3)40-22(37)10-18(20(35)13-39-25-23(30)16(28)9-17(29)24(25)31)32-26(38)15-8-14-6-4-5-7-19(14)33(11-15)21(36)12-34/h4-7,9,12,15,18H,8,10-11,13H2,1-3H3,(H,32,38). The predicted octanol–water partition coefficient (Wildman–Crippen LogP) is 2.81. The van der Waals surface area contributed by atoms with E-state index in [-0.39, 0.29) is 25.3 Å². The van der Waals surface area contributed by atoms with Gasteiger partial charge in [-0.25, -0.2) is 8.78 Å². The summed E-state index contributed by atoms with van der Waals surface area (Å²) in [4.78, 5) is 63.1. The van der Waals surface area contributed by atoms with Crippen LogP contribution in [-0.4, -0.2) is 54.6 Å². The lowest BCUT2D eigenvalue weighted by Gasteiger charge is -2.33. The molecular formula is C27H26F4N2O7. The van der Waals surface area contributed by atoms with Crippen LogP contribution in [0.1, 0.15) is 32.8 Å². The van der Waals surface area contributed by atoms with Crippen molar-refractivity contribution in [3.05, 3.63) is 59.2 Å². The number of Topliss-reactive ketones (excluding diaryl/α,β-unsaturated/α-hetero) is 1. The van der Waals surface area contributed by atoms with E-state index in [0.717, 1.165) is 4.90 Å². The van der Waals surface area contributed by atoms with Gasteiger partial charge >= 0.3 is 5.97 Å². The molecule has 0 aliphatic carbocycles. The van der Waals surface area contributed by atoms with Gasteiger partial charge < -0.3 is 19.7 Å². The Morgan fingerprint density at radius 3 is 2.30 bits per heavy atom. The third-order valence-electron chi connectivity index (χ3n) is 5.82. The average Bonchev–Trinajstić information content (AvgIpc) is 2.89. The number of aldehydes is 1. The van der Waals surface area contributed by atoms with Gasteiger partial charge in [0.05, 0.1) is 12.3 Å². The maximum Gasteiger partial charge on any atom is 0.308 e. The van der Waals surface area contributed by atoms with Crippen molar-refractivity contribution in [3.63, 3.8) is 0 Å². The highest BCUT2D eigenvalue weighted by Gasteiger charge is 2.35. The first-order valence-corrected chi connectivity index (χ1v) is 12.1. The molecule has 3 rings (SSSR count). The molecule has 1 heterocycles. The maximum absolute atomic E-state index is 14.0. The summed E-state index contributed by atoms with van der Waals surface area (Å²) < 4.78 is 64.9. The van der Waals surface area contributed by atoms with E-state index in [4.69, 9.17) is 9.47 Å². The highest BCUT2D eigenvalue weighted by atomic mass is 19.2. The van der Waals surface area contributed by atoms with E-state index in [1.54, 1.807) is 45.0 Å². The van der Waals surface area contributed by atoms with Crippen LogP contribution < -0.4 is 15.0 Å². The highest BCUT2D eigenvalue weighted by molar-refractivity contribution is 6.30. The lowest BCUT2D eigenvalue weighted by atomic mass is 9.91. The summed E-state index contributed by atoms with van der Waals surface area (Å²) in [6.07, 6.45) is -0.502. The summed E-state index contributed by atoms with van der Waals surface area (Å²) >= 11 is 0. The Hall–Kier alpha value is -4.29. The summed E-state index contributed by atoms with van der Waals surface area (Å²) in [6.45, 7) is 3.29. The third-order valence-corrected chi connectivity index (χ3v) is 5.82. The van der Waals surface area contributed by atoms with Crippen molar-refractivity contribution < 1.29 is 51.0 Å². The summed E-state index contributed by atoms with van der Waals surface area (Å²) in [7, 11) is 0. The monoisotopic (exact) mass is 566 g/mol. The lowest BCUT2D eigenvalue weighted by molar-refractivity contribution is -0.156. The second kappa shape index (κ2) is 12.3. The summed E-state index contributed by atoms with van der Waals surface area (Å²) in [5, 5.41) is 2.37. The molecule has 9 nitrogen and oxygen atoms in total. The second-order valence-corrected chi connectivity index (χ2v) is 10.0. The largest absolute Gasteiger partial charge is 0.479 e. The minimum atomic E-state index is -1.87. The Balaban J connectivity index is 1.82. The minimum absolute atomic E-state index is 0.0359. The molecule has 0 bridgehead atoms. The van der Waals surface area contributed by atoms with Gasteiger partial charge in [-0.2, -0.15) is 8.78 Å². The number of esters is 1. The Bertz CT molecular complexity index is 1320. The van der Waals surface area contributed by atoms with Crippen molar-refractivity contribution in [1.82, 2.24) is 5.32 Å². The molecule has 2 aromatic rings. The topological polar surface area (TPSA) is 119 Å². The first kappa shape index (κ1) is 30.3. The summed E-state index contributed by atoms with van der Waals surface area (Å²) in [5.41, 5.74) is 0.0469. The molecule has 1 aliphatic rings. The second-order valence-electron chi connectivity index (χ2n) is 10.0. The number of halogens is 4. The fourth-order valence-corrected chi connectivity index (χ4v) is 4.05. The van der Waals surface area contributed by atoms with Crippen molar-refractivity contribution in [2.75, 3.05) is 18.1 Å². The Labute approximate surface area is 226 Å². The summed E-state index contributed by atoms with van der Waals surface area (Å²) in [5.74, 6) is -13.4. The molecule has 2 unspecified atom stereocenters. The SMILES string of the molecule is CC(C)(C)OC(=O)CC(NC(=O)C1Cc2ccccc2N(C(=O)C=O)C1)C(=O)COc1c(F)c(F)cc(F)c1F. The van der Waals surface area contributed by atoms with Gasteiger partial charge in [-0.1, -0.05) is 18.2 Å². The number of para-hydroxylation sites is 1. The van der Waals surface area contributed by atoms with Crippen LogP contribution in [0.15, 0.2) is 30.3 Å². The molecule has 1 aliphatic heterocycles. The van der Waals surface area contributed by atoms with Gasteiger partial charge in [0.2, 0.25) is 23.8 Å². The molecule has 13 heteroatoms. The number of anilines is 1. The van der Waals surface area contributed by atoms with Crippen LogP contribution in [0, 0.1) is 29.2 Å². The normalized spacial score (nSPS) is 15.5. The molecule has 2 amide bonds. The van der Waals surface area contributed by atoms with Gasteiger partial charge in [0.1, 0.15) is 18.2 Å². The Kier molecular flexibility index (Phi) is 9.28. The minimum Gasteiger partial charge on any atom is -0.479 e. The first-order valence-electron chi connectivity index (χ1n) is 12.1. The average molecular weight is 567 g/mol. The van der Waals surface area contributed by atoms with Crippen LogP contribution in [0.4, 0.5) is 23.2 Å². The molecule has 0 saturated carbocycles. The number of hydrogen-bond donors (Lipinski definition) is 1. The molecule has 2 aromatic carbocycles. The van der Waals surface area contributed by atoms with Crippen LogP contribution in [0.3, 0.4) is 0 Å². The molecule has 0 aromatic heterocycles. The summed E-state index contributed by atoms with van der Waals surface area (Å²) in [6, 6.07) is 4.90. The van der Waals surface area contributed by atoms with E-state index in [1.165, 1.54) is 0 Å². The molecule has 0 fully saturated rings. The van der Waals surface area contributed by atoms with Crippen LogP contribution in [-0.2, 0) is 35.1 Å². The van der Waals surface area contributed by atoms with Crippen molar-refractivity contribution in [2.45, 2.75) is 45.3 Å². The maximum atomic E-state index is 14.0. The van der Waals surface area contributed by atoms with Crippen molar-refractivity contribution in [2.24, 2.45) is 5.92 Å². The number of ketones is 1. The third kappa shape index (κ3) is 7.21. The fourth-order valence-electron chi connectivity index (χ4n) is 4.05. The number of amides is 2. The van der Waals surface area contributed by atoms with Gasteiger partial charge in [0, 0.05) is 18.3 Å². The lowest BCUT2D eigenvalue weighted by Crippen LogP contribution is -2.51. The number of ether oxygens (including phenoxy) is 2.